The summed E-state index contributed by atoms with van der Waals surface area (Å²) in [5.41, 5.74) is 0. The lowest BCUT2D eigenvalue weighted by Gasteiger charge is -2.37. The molecule has 2 aliphatic rings. The van der Waals surface area contributed by atoms with Crippen molar-refractivity contribution in [2.24, 2.45) is 0 Å². The van der Waals surface area contributed by atoms with E-state index in [1.54, 1.807) is 6.92 Å². The van der Waals surface area contributed by atoms with Gasteiger partial charge in [-0.2, -0.15) is 0 Å². The number of aliphatic hydroxyl groups is 2. The van der Waals surface area contributed by atoms with Crippen molar-refractivity contribution in [2.75, 3.05) is 6.61 Å². The SMILES string of the molecule is CC1OC(CO)C(O)C2OC(=O)NC12. The number of carbonyl (C=O) groups excluding carboxylic acids is 1. The van der Waals surface area contributed by atoms with E-state index in [9.17, 15) is 9.90 Å². The lowest BCUT2D eigenvalue weighted by molar-refractivity contribution is -0.172. The highest BCUT2D eigenvalue weighted by Crippen LogP contribution is 2.26. The van der Waals surface area contributed by atoms with Crippen molar-refractivity contribution in [1.29, 1.82) is 0 Å². The van der Waals surface area contributed by atoms with Crippen LogP contribution in [0.1, 0.15) is 6.92 Å². The molecule has 0 aromatic rings. The minimum absolute atomic E-state index is 0.271. The predicted molar refractivity (Wildman–Crippen MR) is 44.6 cm³/mol. The summed E-state index contributed by atoms with van der Waals surface area (Å²) in [7, 11) is 0. The van der Waals surface area contributed by atoms with Gasteiger partial charge in [-0.25, -0.2) is 4.79 Å². The summed E-state index contributed by atoms with van der Waals surface area (Å²) in [6.07, 6.45) is -3.09. The molecule has 6 nitrogen and oxygen atoms in total. The number of aliphatic hydroxyl groups excluding tert-OH is 2. The van der Waals surface area contributed by atoms with Crippen molar-refractivity contribution in [2.45, 2.75) is 37.4 Å². The first-order valence-corrected chi connectivity index (χ1v) is 4.55. The fourth-order valence-electron chi connectivity index (χ4n) is 1.92. The molecule has 1 amide bonds. The average Bonchev–Trinajstić information content (AvgIpc) is 2.54. The topological polar surface area (TPSA) is 88.0 Å². The largest absolute Gasteiger partial charge is 0.441 e. The van der Waals surface area contributed by atoms with E-state index in [2.05, 4.69) is 5.32 Å². The van der Waals surface area contributed by atoms with Crippen LogP contribution in [0, 0.1) is 0 Å². The van der Waals surface area contributed by atoms with Gasteiger partial charge in [0.05, 0.1) is 18.8 Å². The molecule has 0 aromatic carbocycles. The number of fused-ring (bicyclic) bond motifs is 1. The lowest BCUT2D eigenvalue weighted by Crippen LogP contribution is -2.58. The Morgan fingerprint density at radius 1 is 1.57 bits per heavy atom. The number of nitrogens with one attached hydrogen (secondary N) is 1. The van der Waals surface area contributed by atoms with Gasteiger partial charge in [-0.3, -0.25) is 0 Å². The van der Waals surface area contributed by atoms with Gasteiger partial charge in [0.1, 0.15) is 12.2 Å². The van der Waals surface area contributed by atoms with E-state index in [0.29, 0.717) is 0 Å². The molecule has 0 bridgehead atoms. The summed E-state index contributed by atoms with van der Waals surface area (Å²) in [5.74, 6) is 0. The van der Waals surface area contributed by atoms with Gasteiger partial charge in [-0.1, -0.05) is 0 Å². The second-order valence-corrected chi connectivity index (χ2v) is 3.59. The first kappa shape index (κ1) is 9.70. The Balaban J connectivity index is 2.15. The Morgan fingerprint density at radius 3 is 2.93 bits per heavy atom. The number of alkyl carbamates (subject to hydrolysis) is 1. The maximum atomic E-state index is 10.9. The molecule has 0 aliphatic carbocycles. The minimum atomic E-state index is -0.972. The smallest absolute Gasteiger partial charge is 0.408 e. The molecule has 80 valence electrons. The van der Waals surface area contributed by atoms with Crippen LogP contribution < -0.4 is 5.32 Å². The Kier molecular flexibility index (Phi) is 2.34. The standard InChI is InChI=1S/C8H13NO5/c1-3-5-7(14-8(12)9-5)6(11)4(2-10)13-3/h3-7,10-11H,2H2,1H3,(H,9,12). The van der Waals surface area contributed by atoms with E-state index in [1.807, 2.05) is 0 Å². The van der Waals surface area contributed by atoms with Crippen molar-refractivity contribution in [3.63, 3.8) is 0 Å². The van der Waals surface area contributed by atoms with Gasteiger partial charge >= 0.3 is 6.09 Å². The van der Waals surface area contributed by atoms with Gasteiger partial charge < -0.3 is 25.0 Å². The van der Waals surface area contributed by atoms with Gasteiger partial charge in [0, 0.05) is 0 Å². The molecular formula is C8H13NO5. The van der Waals surface area contributed by atoms with Crippen molar-refractivity contribution in [3.8, 4) is 0 Å². The van der Waals surface area contributed by atoms with Crippen LogP contribution in [0.2, 0.25) is 0 Å². The van der Waals surface area contributed by atoms with Gasteiger partial charge in [-0.15, -0.1) is 0 Å². The zero-order chi connectivity index (χ0) is 10.3. The molecule has 2 fully saturated rings. The van der Waals surface area contributed by atoms with E-state index < -0.39 is 24.4 Å². The average molecular weight is 203 g/mol. The molecule has 5 atom stereocenters. The number of rotatable bonds is 1. The molecule has 3 N–H and O–H groups in total. The fraction of sp³-hybridized carbons (Fsp3) is 0.875. The molecule has 2 aliphatic heterocycles. The summed E-state index contributed by atoms with van der Waals surface area (Å²) in [6, 6.07) is -0.333. The van der Waals surface area contributed by atoms with Crippen LogP contribution in [0.5, 0.6) is 0 Å². The molecule has 14 heavy (non-hydrogen) atoms. The molecule has 0 aromatic heterocycles. The summed E-state index contributed by atoms with van der Waals surface area (Å²) in [6.45, 7) is 1.48. The number of carbonyl (C=O) groups is 1. The maximum Gasteiger partial charge on any atom is 0.408 e. The molecule has 5 unspecified atom stereocenters. The third kappa shape index (κ3) is 1.35. The first-order valence-electron chi connectivity index (χ1n) is 4.55. The van der Waals surface area contributed by atoms with Gasteiger partial charge in [0.2, 0.25) is 0 Å². The van der Waals surface area contributed by atoms with Crippen LogP contribution in [0.15, 0.2) is 0 Å². The molecule has 2 rings (SSSR count). The maximum absolute atomic E-state index is 10.9. The van der Waals surface area contributed by atoms with E-state index in [1.165, 1.54) is 0 Å². The Morgan fingerprint density at radius 2 is 2.29 bits per heavy atom. The third-order valence-corrected chi connectivity index (χ3v) is 2.67. The number of hydrogen-bond donors (Lipinski definition) is 3. The molecular weight excluding hydrogens is 190 g/mol. The highest BCUT2D eigenvalue weighted by Gasteiger charge is 2.49. The van der Waals surface area contributed by atoms with Gasteiger partial charge in [-0.05, 0) is 6.92 Å². The van der Waals surface area contributed by atoms with Gasteiger partial charge in [0.25, 0.3) is 0 Å². The van der Waals surface area contributed by atoms with Crippen molar-refractivity contribution in [3.05, 3.63) is 0 Å². The Labute approximate surface area is 80.8 Å². The zero-order valence-electron chi connectivity index (χ0n) is 7.71. The molecule has 0 saturated carbocycles. The van der Waals surface area contributed by atoms with Crippen LogP contribution in [0.3, 0.4) is 0 Å². The van der Waals surface area contributed by atoms with E-state index in [-0.39, 0.29) is 18.8 Å². The van der Waals surface area contributed by atoms with Crippen LogP contribution in [-0.4, -0.2) is 53.4 Å². The summed E-state index contributed by atoms with van der Waals surface area (Å²) in [4.78, 5) is 10.9. The molecule has 2 heterocycles. The predicted octanol–water partition coefficient (Wildman–Crippen LogP) is -1.40. The number of hydrogen-bond acceptors (Lipinski definition) is 5. The van der Waals surface area contributed by atoms with Gasteiger partial charge in [0.15, 0.2) is 6.10 Å². The van der Waals surface area contributed by atoms with Crippen molar-refractivity contribution >= 4 is 6.09 Å². The highest BCUT2D eigenvalue weighted by molar-refractivity contribution is 5.70. The second kappa shape index (κ2) is 3.38. The van der Waals surface area contributed by atoms with Crippen LogP contribution in [0.25, 0.3) is 0 Å². The third-order valence-electron chi connectivity index (χ3n) is 2.67. The summed E-state index contributed by atoms with van der Waals surface area (Å²) in [5, 5.41) is 21.1. The van der Waals surface area contributed by atoms with Crippen LogP contribution in [-0.2, 0) is 9.47 Å². The van der Waals surface area contributed by atoms with Crippen LogP contribution >= 0.6 is 0 Å². The van der Waals surface area contributed by atoms with Crippen molar-refractivity contribution in [1.82, 2.24) is 5.32 Å². The Bertz CT molecular complexity index is 246. The van der Waals surface area contributed by atoms with E-state index in [0.717, 1.165) is 0 Å². The molecule has 6 heteroatoms. The molecule has 0 spiro atoms. The van der Waals surface area contributed by atoms with E-state index in [4.69, 9.17) is 14.6 Å². The minimum Gasteiger partial charge on any atom is -0.441 e. The first-order chi connectivity index (χ1) is 6.63. The Hall–Kier alpha value is -0.850. The van der Waals surface area contributed by atoms with Crippen molar-refractivity contribution < 1.29 is 24.5 Å². The zero-order valence-corrected chi connectivity index (χ0v) is 7.71. The molecule has 2 saturated heterocycles. The summed E-state index contributed by atoms with van der Waals surface area (Å²) >= 11 is 0. The normalized spacial score (nSPS) is 46.8. The van der Waals surface area contributed by atoms with E-state index >= 15 is 0 Å². The number of ether oxygens (including phenoxy) is 2. The quantitative estimate of drug-likeness (QED) is 0.488. The second-order valence-electron chi connectivity index (χ2n) is 3.59. The molecule has 0 radical (unpaired) electrons. The lowest BCUT2D eigenvalue weighted by atomic mass is 9.94. The fourth-order valence-corrected chi connectivity index (χ4v) is 1.92. The highest BCUT2D eigenvalue weighted by atomic mass is 16.6. The summed E-state index contributed by atoms with van der Waals surface area (Å²) < 4.78 is 10.2. The number of amides is 1. The van der Waals surface area contributed by atoms with Crippen LogP contribution in [0.4, 0.5) is 4.79 Å². The monoisotopic (exact) mass is 203 g/mol.